The number of ketones is 1. The standard InChI is InChI=1S/C31H43BN4O6/c1-14(15-8-9-15)36(6)13-17-12-20(42-7)22-18(24(17)34(2)3)10-16-11-19-25(35(4)5)27(38)23(30(33)40)28(32)31(19,41)29(39)21(16)26(22)37/h12,14-16,19,25,32,38-39,41H,8-11,13H2,1-7H3,(H2,33,40)/t14-,16+,19+,25+,31-/m1/s1. The number of rotatable bonds is 8. The fraction of sp³-hybridized carbons (Fsp3) is 0.581. The average Bonchev–Trinajstić information content (AvgIpc) is 3.74. The van der Waals surface area contributed by atoms with Crippen molar-refractivity contribution in [3.05, 3.63) is 45.4 Å². The molecular weight excluding hydrogens is 535 g/mol. The number of hydrogen-bond donors (Lipinski definition) is 4. The van der Waals surface area contributed by atoms with Gasteiger partial charge >= 0.3 is 223 Å². The van der Waals surface area contributed by atoms with Gasteiger partial charge in [-0.25, -0.2) is 0 Å². The Morgan fingerprint density at radius 2 is 1.86 bits per heavy atom. The summed E-state index contributed by atoms with van der Waals surface area (Å²) >= 11 is 0. The van der Waals surface area contributed by atoms with Gasteiger partial charge in [0, 0.05) is 0 Å². The topological polar surface area (TPSA) is 140 Å². The fourth-order valence-corrected chi connectivity index (χ4v) is 7.71. The Morgan fingerprint density at radius 1 is 1.21 bits per heavy atom. The van der Waals surface area contributed by atoms with Gasteiger partial charge in [0.15, 0.2) is 0 Å². The van der Waals surface area contributed by atoms with E-state index in [1.807, 2.05) is 25.1 Å². The predicted octanol–water partition coefficient (Wildman–Crippen LogP) is 1.22. The molecule has 0 unspecified atom stereocenters. The number of anilines is 1. The third-order valence-corrected chi connectivity index (χ3v) is 10.0. The first-order valence-electron chi connectivity index (χ1n) is 14.6. The van der Waals surface area contributed by atoms with Crippen LogP contribution in [0, 0.1) is 17.8 Å². The maximum atomic E-state index is 14.3. The van der Waals surface area contributed by atoms with E-state index in [0.717, 1.165) is 16.8 Å². The summed E-state index contributed by atoms with van der Waals surface area (Å²) in [5.41, 5.74) is 6.17. The second kappa shape index (κ2) is 10.5. The van der Waals surface area contributed by atoms with Gasteiger partial charge in [0.1, 0.15) is 0 Å². The summed E-state index contributed by atoms with van der Waals surface area (Å²) in [6.07, 6.45) is 3.17. The molecule has 1 amide bonds. The van der Waals surface area contributed by atoms with E-state index in [2.05, 4.69) is 26.4 Å². The third-order valence-electron chi connectivity index (χ3n) is 10.0. The molecule has 11 heteroatoms. The Morgan fingerprint density at radius 3 is 2.38 bits per heavy atom. The molecule has 0 heterocycles. The molecule has 0 saturated heterocycles. The molecule has 1 saturated carbocycles. The molecule has 1 aromatic carbocycles. The molecule has 1 aromatic rings. The summed E-state index contributed by atoms with van der Waals surface area (Å²) in [6.45, 7) is 2.93. The molecule has 0 bridgehead atoms. The number of aliphatic hydroxyl groups excluding tert-OH is 2. The van der Waals surface area contributed by atoms with Crippen LogP contribution in [0.4, 0.5) is 5.69 Å². The summed E-state index contributed by atoms with van der Waals surface area (Å²) < 4.78 is 5.79. The summed E-state index contributed by atoms with van der Waals surface area (Å²) in [4.78, 5) is 32.8. The van der Waals surface area contributed by atoms with E-state index in [1.54, 1.807) is 19.0 Å². The van der Waals surface area contributed by atoms with Gasteiger partial charge in [-0.15, -0.1) is 0 Å². The number of primary amides is 1. The van der Waals surface area contributed by atoms with Gasteiger partial charge in [-0.3, -0.25) is 0 Å². The molecular formula is C31H43BN4O6. The van der Waals surface area contributed by atoms with Gasteiger partial charge < -0.3 is 0 Å². The van der Waals surface area contributed by atoms with Gasteiger partial charge in [0.25, 0.3) is 0 Å². The summed E-state index contributed by atoms with van der Waals surface area (Å²) in [6, 6.07) is 1.50. The molecule has 0 aromatic heterocycles. The van der Waals surface area contributed by atoms with E-state index in [1.165, 1.54) is 20.0 Å². The second-order valence-electron chi connectivity index (χ2n) is 12.9. The van der Waals surface area contributed by atoms with Crippen molar-refractivity contribution < 1.29 is 29.6 Å². The molecule has 0 radical (unpaired) electrons. The number of amides is 1. The Hall–Kier alpha value is -3.15. The van der Waals surface area contributed by atoms with Crippen LogP contribution >= 0.6 is 0 Å². The zero-order valence-electron chi connectivity index (χ0n) is 25.7. The SMILES string of the molecule is B=C1C(C(N)=O)=C(O)[C@@H](N(C)C)[C@@H]2C[C@@H]3Cc4c(c(OC)cc(CN(C)[C@H](C)C5CC5)c4N(C)C)C(=O)C3=C(O)[C@]12O. The van der Waals surface area contributed by atoms with E-state index in [9.17, 15) is 24.9 Å². The molecule has 5 atom stereocenters. The van der Waals surface area contributed by atoms with Crippen molar-refractivity contribution in [2.45, 2.75) is 56.8 Å². The number of ether oxygens (including phenoxy) is 1. The van der Waals surface area contributed by atoms with Crippen molar-refractivity contribution in [3.8, 4) is 5.75 Å². The van der Waals surface area contributed by atoms with E-state index in [4.69, 9.17) is 10.5 Å². The molecule has 226 valence electrons. The molecule has 4 aliphatic carbocycles. The quantitative estimate of drug-likeness (QED) is 0.336. The summed E-state index contributed by atoms with van der Waals surface area (Å²) in [5.74, 6) is -2.35. The summed E-state index contributed by atoms with van der Waals surface area (Å²) in [7, 11) is 14.9. The Balaban J connectivity index is 1.68. The fourth-order valence-electron chi connectivity index (χ4n) is 7.71. The predicted molar refractivity (Wildman–Crippen MR) is 164 cm³/mol. The minimum atomic E-state index is -2.16. The number of nitrogens with zero attached hydrogens (tertiary/aromatic N) is 3. The van der Waals surface area contributed by atoms with Crippen molar-refractivity contribution in [1.29, 1.82) is 0 Å². The third kappa shape index (κ3) is 4.39. The first-order chi connectivity index (χ1) is 19.7. The number of carbonyl (C=O) groups is 2. The second-order valence-corrected chi connectivity index (χ2v) is 12.9. The zero-order chi connectivity index (χ0) is 31.0. The number of benzene rings is 1. The normalized spacial score (nSPS) is 28.1. The molecule has 5 N–H and O–H groups in total. The maximum absolute atomic E-state index is 14.3. The Labute approximate surface area is 248 Å². The van der Waals surface area contributed by atoms with Crippen molar-refractivity contribution in [3.63, 3.8) is 0 Å². The number of aliphatic hydroxyl groups is 3. The number of methoxy groups -OCH3 is 1. The van der Waals surface area contributed by atoms with Crippen LogP contribution in [0.25, 0.3) is 0 Å². The monoisotopic (exact) mass is 578 g/mol. The molecule has 10 nitrogen and oxygen atoms in total. The Kier molecular flexibility index (Phi) is 7.61. The first-order valence-corrected chi connectivity index (χ1v) is 14.6. The van der Waals surface area contributed by atoms with Crippen LogP contribution in [0.3, 0.4) is 0 Å². The number of fused-ring (bicyclic) bond motifs is 3. The van der Waals surface area contributed by atoms with Gasteiger partial charge in [-0.1, -0.05) is 0 Å². The minimum absolute atomic E-state index is 0.0837. The zero-order valence-corrected chi connectivity index (χ0v) is 25.7. The van der Waals surface area contributed by atoms with Gasteiger partial charge in [-0.2, -0.15) is 0 Å². The van der Waals surface area contributed by atoms with Crippen LogP contribution in [0.5, 0.6) is 5.75 Å². The first kappa shape index (κ1) is 30.3. The van der Waals surface area contributed by atoms with Crippen LogP contribution in [-0.2, 0) is 17.8 Å². The van der Waals surface area contributed by atoms with Crippen molar-refractivity contribution >= 4 is 30.3 Å². The molecule has 0 spiro atoms. The van der Waals surface area contributed by atoms with Crippen LogP contribution in [0.1, 0.15) is 47.7 Å². The van der Waals surface area contributed by atoms with Crippen molar-refractivity contribution in [2.24, 2.45) is 23.5 Å². The molecule has 1 fully saturated rings. The van der Waals surface area contributed by atoms with Gasteiger partial charge in [0.05, 0.1) is 0 Å². The van der Waals surface area contributed by atoms with Crippen LogP contribution in [-0.4, -0.2) is 110 Å². The molecule has 42 heavy (non-hydrogen) atoms. The van der Waals surface area contributed by atoms with E-state index in [-0.39, 0.29) is 28.8 Å². The van der Waals surface area contributed by atoms with Gasteiger partial charge in [0.2, 0.25) is 0 Å². The van der Waals surface area contributed by atoms with Gasteiger partial charge in [-0.05, 0) is 25.7 Å². The number of Topliss-reactive ketones (excluding diaryl/α,β-unsaturated/α-hetero) is 1. The molecule has 4 aliphatic rings. The number of nitrogens with two attached hydrogens (primary N) is 1. The van der Waals surface area contributed by atoms with E-state index >= 15 is 0 Å². The van der Waals surface area contributed by atoms with Crippen LogP contribution < -0.4 is 15.4 Å². The number of hydrogen-bond acceptors (Lipinski definition) is 9. The Bertz CT molecular complexity index is 1430. The molecule has 0 aliphatic heterocycles. The van der Waals surface area contributed by atoms with Crippen LogP contribution in [0.2, 0.25) is 0 Å². The summed E-state index contributed by atoms with van der Waals surface area (Å²) in [5, 5.41) is 35.0. The van der Waals surface area contributed by atoms with E-state index in [0.29, 0.717) is 36.2 Å². The molecule has 5 rings (SSSR count). The number of allylic oxidation sites excluding steroid dienone is 1. The van der Waals surface area contributed by atoms with Crippen LogP contribution in [0.15, 0.2) is 28.7 Å². The number of likely N-dealkylation sites (N-methyl/N-ethyl adjacent to an activating group) is 1. The van der Waals surface area contributed by atoms with E-state index < -0.39 is 40.9 Å². The number of carbonyl (C=O) groups excluding carboxylic acids is 2. The van der Waals surface area contributed by atoms with Crippen molar-refractivity contribution in [2.75, 3.05) is 47.2 Å². The van der Waals surface area contributed by atoms with Crippen molar-refractivity contribution in [1.82, 2.24) is 9.80 Å². The average molecular weight is 579 g/mol.